The minimum absolute atomic E-state index is 0.0621. The van der Waals surface area contributed by atoms with Gasteiger partial charge in [0.25, 0.3) is 5.91 Å². The number of benzene rings is 2. The molecule has 0 spiro atoms. The van der Waals surface area contributed by atoms with Crippen molar-refractivity contribution in [3.05, 3.63) is 82.9 Å². The van der Waals surface area contributed by atoms with Gasteiger partial charge in [-0.25, -0.2) is 0 Å². The first-order valence-electron chi connectivity index (χ1n) is 11.7. The highest BCUT2D eigenvalue weighted by Crippen LogP contribution is 2.40. The molecule has 0 aliphatic carbocycles. The summed E-state index contributed by atoms with van der Waals surface area (Å²) in [4.78, 5) is 29.9. The number of hydrogen-bond acceptors (Lipinski definition) is 6. The molecule has 3 heterocycles. The molecule has 4 aromatic rings. The zero-order valence-electron chi connectivity index (χ0n) is 20.4. The SMILES string of the molecule is COc1ccc2[nH]c3c(c2c1)CCN(C(=O)c1ccc(OC(F)(F)F)cc1)C3c1ccc(COC(C)=O)o1. The van der Waals surface area contributed by atoms with Gasteiger partial charge in [-0.15, -0.1) is 13.2 Å². The van der Waals surface area contributed by atoms with Crippen LogP contribution in [0.1, 0.15) is 46.1 Å². The van der Waals surface area contributed by atoms with Crippen LogP contribution in [0, 0.1) is 0 Å². The number of hydrogen-bond donors (Lipinski definition) is 1. The second kappa shape index (κ2) is 9.81. The van der Waals surface area contributed by atoms with Crippen molar-refractivity contribution >= 4 is 22.8 Å². The predicted octanol–water partition coefficient (Wildman–Crippen LogP) is 5.52. The first-order valence-corrected chi connectivity index (χ1v) is 11.7. The number of halogens is 3. The van der Waals surface area contributed by atoms with Crippen molar-refractivity contribution in [1.82, 2.24) is 9.88 Å². The topological polar surface area (TPSA) is 94.0 Å². The van der Waals surface area contributed by atoms with Crippen LogP contribution >= 0.6 is 0 Å². The summed E-state index contributed by atoms with van der Waals surface area (Å²) in [5.74, 6) is 0.267. The summed E-state index contributed by atoms with van der Waals surface area (Å²) in [5, 5.41) is 0.955. The third-order valence-electron chi connectivity index (χ3n) is 6.30. The van der Waals surface area contributed by atoms with Crippen LogP contribution < -0.4 is 9.47 Å². The molecule has 11 heteroatoms. The number of rotatable bonds is 6. The summed E-state index contributed by atoms with van der Waals surface area (Å²) in [6.07, 6.45) is -4.30. The zero-order chi connectivity index (χ0) is 27.0. The number of nitrogens with zero attached hydrogens (tertiary/aromatic N) is 1. The fraction of sp³-hybridized carbons (Fsp3) is 0.259. The number of aromatic nitrogens is 1. The number of ether oxygens (including phenoxy) is 3. The number of carbonyl (C=O) groups excluding carboxylic acids is 2. The molecule has 0 saturated heterocycles. The number of fused-ring (bicyclic) bond motifs is 3. The largest absolute Gasteiger partial charge is 0.573 e. The second-order valence-corrected chi connectivity index (χ2v) is 8.74. The minimum Gasteiger partial charge on any atom is -0.497 e. The Bertz CT molecular complexity index is 1490. The number of carbonyl (C=O) groups is 2. The number of methoxy groups -OCH3 is 1. The van der Waals surface area contributed by atoms with E-state index in [4.69, 9.17) is 13.9 Å². The van der Waals surface area contributed by atoms with Crippen LogP contribution in [0.15, 0.2) is 59.0 Å². The first-order chi connectivity index (χ1) is 18.1. The van der Waals surface area contributed by atoms with Gasteiger partial charge in [0.2, 0.25) is 0 Å². The Morgan fingerprint density at radius 2 is 1.82 bits per heavy atom. The number of nitrogens with one attached hydrogen (secondary N) is 1. The Morgan fingerprint density at radius 3 is 2.50 bits per heavy atom. The van der Waals surface area contributed by atoms with Gasteiger partial charge in [0.05, 0.1) is 12.8 Å². The fourth-order valence-electron chi connectivity index (χ4n) is 4.67. The average molecular weight is 528 g/mol. The number of esters is 1. The molecule has 0 bridgehead atoms. The summed E-state index contributed by atoms with van der Waals surface area (Å²) in [6.45, 7) is 1.55. The molecular weight excluding hydrogens is 505 g/mol. The van der Waals surface area contributed by atoms with Gasteiger partial charge in [-0.05, 0) is 66.6 Å². The van der Waals surface area contributed by atoms with Crippen molar-refractivity contribution in [2.24, 2.45) is 0 Å². The van der Waals surface area contributed by atoms with E-state index in [-0.39, 0.29) is 12.2 Å². The molecule has 1 atom stereocenters. The lowest BCUT2D eigenvalue weighted by atomic mass is 9.95. The minimum atomic E-state index is -4.83. The van der Waals surface area contributed by atoms with Crippen LogP contribution in [0.2, 0.25) is 0 Å². The van der Waals surface area contributed by atoms with Gasteiger partial charge < -0.3 is 28.5 Å². The highest BCUT2D eigenvalue weighted by molar-refractivity contribution is 5.95. The first kappa shape index (κ1) is 25.2. The van der Waals surface area contributed by atoms with Crippen LogP contribution in [0.4, 0.5) is 13.2 Å². The van der Waals surface area contributed by atoms with Crippen LogP contribution in [0.25, 0.3) is 10.9 Å². The Balaban J connectivity index is 1.53. The van der Waals surface area contributed by atoms with Crippen molar-refractivity contribution < 1.29 is 41.4 Å². The summed E-state index contributed by atoms with van der Waals surface area (Å²) in [5.41, 5.74) is 2.80. The Morgan fingerprint density at radius 1 is 1.08 bits per heavy atom. The highest BCUT2D eigenvalue weighted by atomic mass is 19.4. The van der Waals surface area contributed by atoms with Crippen molar-refractivity contribution in [2.75, 3.05) is 13.7 Å². The molecule has 0 fully saturated rings. The molecule has 38 heavy (non-hydrogen) atoms. The smallest absolute Gasteiger partial charge is 0.497 e. The lowest BCUT2D eigenvalue weighted by molar-refractivity contribution is -0.274. The Hall–Kier alpha value is -4.41. The quantitative estimate of drug-likeness (QED) is 0.331. The number of aromatic amines is 1. The van der Waals surface area contributed by atoms with E-state index >= 15 is 0 Å². The van der Waals surface area contributed by atoms with Crippen LogP contribution in [0.3, 0.4) is 0 Å². The molecule has 1 aliphatic heterocycles. The van der Waals surface area contributed by atoms with Gasteiger partial charge in [0.15, 0.2) is 0 Å². The third-order valence-corrected chi connectivity index (χ3v) is 6.30. The van der Waals surface area contributed by atoms with E-state index in [0.717, 1.165) is 34.3 Å². The lowest BCUT2D eigenvalue weighted by Crippen LogP contribution is -2.40. The van der Waals surface area contributed by atoms with E-state index in [9.17, 15) is 22.8 Å². The molecule has 1 amide bonds. The molecule has 1 unspecified atom stereocenters. The van der Waals surface area contributed by atoms with Crippen LogP contribution in [-0.4, -0.2) is 41.8 Å². The van der Waals surface area contributed by atoms with Crippen molar-refractivity contribution in [2.45, 2.75) is 32.4 Å². The zero-order valence-corrected chi connectivity index (χ0v) is 20.4. The summed E-state index contributed by atoms with van der Waals surface area (Å²) < 4.78 is 58.0. The van der Waals surface area contributed by atoms with Gasteiger partial charge in [-0.3, -0.25) is 9.59 Å². The molecule has 0 radical (unpaired) electrons. The molecule has 1 aliphatic rings. The van der Waals surface area contributed by atoms with Crippen molar-refractivity contribution in [3.8, 4) is 11.5 Å². The number of alkyl halides is 3. The molecule has 8 nitrogen and oxygen atoms in total. The summed E-state index contributed by atoms with van der Waals surface area (Å²) >= 11 is 0. The van der Waals surface area contributed by atoms with E-state index in [1.807, 2.05) is 18.2 Å². The summed E-state index contributed by atoms with van der Waals surface area (Å²) in [7, 11) is 1.59. The lowest BCUT2D eigenvalue weighted by Gasteiger charge is -2.35. The second-order valence-electron chi connectivity index (χ2n) is 8.74. The van der Waals surface area contributed by atoms with E-state index < -0.39 is 30.0 Å². The van der Waals surface area contributed by atoms with Gasteiger partial charge >= 0.3 is 12.3 Å². The van der Waals surface area contributed by atoms with Gasteiger partial charge in [0.1, 0.15) is 35.7 Å². The molecule has 5 rings (SSSR count). The Kier molecular flexibility index (Phi) is 6.52. The third kappa shape index (κ3) is 5.04. The van der Waals surface area contributed by atoms with Crippen LogP contribution in [-0.2, 0) is 22.6 Å². The molecular formula is C27H23F3N2O6. The van der Waals surface area contributed by atoms with Gasteiger partial charge in [-0.1, -0.05) is 0 Å². The fourth-order valence-corrected chi connectivity index (χ4v) is 4.67. The van der Waals surface area contributed by atoms with Crippen molar-refractivity contribution in [1.29, 1.82) is 0 Å². The van der Waals surface area contributed by atoms with Crippen LogP contribution in [0.5, 0.6) is 11.5 Å². The standard InChI is InChI=1S/C27H23F3N2O6/c1-15(33)36-14-19-8-10-23(37-19)25-24-20(21-13-18(35-2)7-9-22(21)31-24)11-12-32(25)26(34)16-3-5-17(6-4-16)38-27(28,29)30/h3-10,13,25,31H,11-12,14H2,1-2H3. The maximum atomic E-state index is 13.6. The van der Waals surface area contributed by atoms with E-state index in [0.29, 0.717) is 30.2 Å². The Labute approximate surface area is 214 Å². The maximum Gasteiger partial charge on any atom is 0.573 e. The number of furan rings is 1. The molecule has 0 saturated carbocycles. The predicted molar refractivity (Wildman–Crippen MR) is 129 cm³/mol. The van der Waals surface area contributed by atoms with E-state index in [1.165, 1.54) is 19.1 Å². The van der Waals surface area contributed by atoms with Gasteiger partial charge in [0, 0.05) is 29.9 Å². The summed E-state index contributed by atoms with van der Waals surface area (Å²) in [6, 6.07) is 13.2. The number of amides is 1. The van der Waals surface area contributed by atoms with E-state index in [1.54, 1.807) is 24.1 Å². The number of H-pyrrole nitrogens is 1. The normalized spacial score (nSPS) is 15.3. The average Bonchev–Trinajstić information content (AvgIpc) is 3.50. The van der Waals surface area contributed by atoms with Gasteiger partial charge in [-0.2, -0.15) is 0 Å². The van der Waals surface area contributed by atoms with E-state index in [2.05, 4.69) is 9.72 Å². The van der Waals surface area contributed by atoms with Crippen molar-refractivity contribution in [3.63, 3.8) is 0 Å². The monoisotopic (exact) mass is 528 g/mol. The molecule has 198 valence electrons. The molecule has 2 aromatic carbocycles. The molecule has 1 N–H and O–H groups in total. The highest BCUT2D eigenvalue weighted by Gasteiger charge is 2.37. The molecule has 2 aromatic heterocycles. The maximum absolute atomic E-state index is 13.6.